The van der Waals surface area contributed by atoms with E-state index in [9.17, 15) is 109 Å². The summed E-state index contributed by atoms with van der Waals surface area (Å²) in [5.41, 5.74) is 43.7. The number of piperazine rings is 1. The maximum absolute atomic E-state index is 11.4. The highest BCUT2D eigenvalue weighted by Gasteiger charge is 2.35. The third-order valence-electron chi connectivity index (χ3n) is 18.7. The number of nitrogens with zero attached hydrogens (tertiary/aromatic N) is 4. The number of methoxy groups -OCH3 is 5. The molecule has 48 nitrogen and oxygen atoms in total. The smallest absolute Gasteiger partial charge is 0.320 e. The zero-order chi connectivity index (χ0) is 106. The Bertz CT molecular complexity index is 2980. The van der Waals surface area contributed by atoms with Gasteiger partial charge >= 0.3 is 11.9 Å². The number of hydrogen-bond donors (Lipinski definition) is 29. The fraction of sp³-hybridized carbons (Fsp3) is 0.816. The number of aliphatic hydroxyl groups is 16. The van der Waals surface area contributed by atoms with Crippen molar-refractivity contribution in [1.29, 1.82) is 0 Å². The monoisotopic (exact) mass is 2070 g/mol. The highest BCUT2D eigenvalue weighted by atomic mass is 32.1. The summed E-state index contributed by atoms with van der Waals surface area (Å²) in [4.78, 5) is 113. The molecule has 138 heavy (non-hydrogen) atoms. The van der Waals surface area contributed by atoms with Crippen molar-refractivity contribution in [2.45, 2.75) is 268 Å². The van der Waals surface area contributed by atoms with Crippen LogP contribution in [0.5, 0.6) is 0 Å². The molecule has 1 saturated heterocycles. The number of carbonyl (C=O) groups excluding carboxylic acids is 8. The van der Waals surface area contributed by atoms with Crippen molar-refractivity contribution >= 4 is 99.2 Å². The second-order valence-corrected chi connectivity index (χ2v) is 31.8. The molecule has 0 aliphatic carbocycles. The molecule has 0 aromatic heterocycles. The Morgan fingerprint density at radius 2 is 0.862 bits per heavy atom. The first-order valence-electron chi connectivity index (χ1n) is 45.0. The number of carbonyl (C=O) groups is 10. The van der Waals surface area contributed by atoms with E-state index < -0.39 is 166 Å². The number of nitrogens with two attached hydrogens (primary N) is 8. The van der Waals surface area contributed by atoms with Crippen molar-refractivity contribution in [3.05, 3.63) is 35.4 Å². The van der Waals surface area contributed by atoms with Crippen molar-refractivity contribution < 1.29 is 164 Å². The van der Waals surface area contributed by atoms with Gasteiger partial charge in [0.05, 0.1) is 76.1 Å². The molecule has 0 radical (unpaired) electrons. The lowest BCUT2D eigenvalue weighted by molar-refractivity contribution is -0.139. The van der Waals surface area contributed by atoms with E-state index in [-0.39, 0.29) is 129 Å². The summed E-state index contributed by atoms with van der Waals surface area (Å²) in [6.45, 7) is 19.9. The van der Waals surface area contributed by atoms with Crippen molar-refractivity contribution in [2.75, 3.05) is 195 Å². The Labute approximate surface area is 838 Å². The lowest BCUT2D eigenvalue weighted by Gasteiger charge is -2.33. The van der Waals surface area contributed by atoms with Gasteiger partial charge in [0.1, 0.15) is 104 Å². The zero-order valence-corrected chi connectivity index (χ0v) is 87.6. The van der Waals surface area contributed by atoms with E-state index >= 15 is 0 Å². The number of Topliss-reactive ketones (excluding diaryl/α,β-unsaturated/α-hetero) is 4. The second-order valence-electron chi connectivity index (χ2n) is 31.8. The van der Waals surface area contributed by atoms with Gasteiger partial charge in [-0.2, -0.15) is 40.5 Å². The van der Waals surface area contributed by atoms with Gasteiger partial charge in [-0.1, -0.05) is 78.6 Å². The van der Waals surface area contributed by atoms with Crippen LogP contribution in [0.1, 0.15) is 150 Å². The van der Waals surface area contributed by atoms with Gasteiger partial charge in [0.15, 0.2) is 11.6 Å². The number of aliphatic carboxylic acids is 2. The molecule has 0 bridgehead atoms. The molecule has 19 atom stereocenters. The molecule has 51 heteroatoms. The first kappa shape index (κ1) is 158. The number of nitrogens with one attached hydrogen (secondary N) is 3. The van der Waals surface area contributed by atoms with Gasteiger partial charge in [0.25, 0.3) is 0 Å². The number of carboxylic acid groups (broad SMARTS) is 2. The molecule has 4 amide bonds. The predicted octanol–water partition coefficient (Wildman–Crippen LogP) is -8.95. The third kappa shape index (κ3) is 96.6. The average molecular weight is 2070 g/mol. The molecule has 37 N–H and O–H groups in total. The van der Waals surface area contributed by atoms with Gasteiger partial charge in [-0.15, -0.1) is 0 Å². The maximum atomic E-state index is 11.4. The summed E-state index contributed by atoms with van der Waals surface area (Å²) in [6, 6.07) is 5.27. The molecule has 0 unspecified atom stereocenters. The Balaban J connectivity index is -0.000000134. The molecule has 0 saturated carbocycles. The fourth-order valence-electron chi connectivity index (χ4n) is 9.92. The molecule has 0 spiro atoms. The number of ketones is 4. The maximum Gasteiger partial charge on any atom is 0.320 e. The molecule has 826 valence electrons. The van der Waals surface area contributed by atoms with Crippen LogP contribution in [0.25, 0.3) is 0 Å². The van der Waals surface area contributed by atoms with E-state index in [1.807, 2.05) is 58.6 Å². The van der Waals surface area contributed by atoms with Crippen LogP contribution in [0.3, 0.4) is 0 Å². The van der Waals surface area contributed by atoms with Crippen LogP contribution < -0.4 is 61.8 Å². The SMILES string of the molecule is CCCC(=O)O.CCCC(C)=O.CCC[C@H](N)C(=O)CO.CCC[C@H](N)C(=O)O.CC[C@@H](C)N.CC[C@H](N)C(N)=O.COCC(=O)Cc1ccc(CCN(C)C)cc1.COCC(=O)N1CCN(C)CC1.COC[C@@H](N)C(C)=O.COC[C@H](NCCCN(C[C@H](O)[C@@H](O)[C@H](O)[C@H](O)CO)C[C@H](O)[C@@H](O)[C@H](O)[C@H](O)CO)C(N)=O.COC[C@H](NCCCNC[C@H](O)[C@@H](O)[C@H](O)[C@H](O)CO)C(N)=O.S.S.S. The largest absolute Gasteiger partial charge is 0.481 e. The Morgan fingerprint density at radius 1 is 0.471 bits per heavy atom. The minimum absolute atomic E-state index is 0. The molecule has 1 fully saturated rings. The van der Waals surface area contributed by atoms with E-state index in [1.54, 1.807) is 21.1 Å². The summed E-state index contributed by atoms with van der Waals surface area (Å²) >= 11 is 0. The summed E-state index contributed by atoms with van der Waals surface area (Å²) in [7, 11) is 13.7. The number of benzene rings is 1. The van der Waals surface area contributed by atoms with Crippen LogP contribution >= 0.6 is 40.5 Å². The lowest BCUT2D eigenvalue weighted by atomic mass is 10.0. The zero-order valence-electron chi connectivity index (χ0n) is 84.6. The fourth-order valence-corrected chi connectivity index (χ4v) is 9.92. The van der Waals surface area contributed by atoms with Crippen LogP contribution in [0.15, 0.2) is 24.3 Å². The first-order valence-corrected chi connectivity index (χ1v) is 45.0. The van der Waals surface area contributed by atoms with Gasteiger partial charge in [-0.05, 0) is 137 Å². The van der Waals surface area contributed by atoms with Gasteiger partial charge < -0.3 is 197 Å². The third-order valence-corrected chi connectivity index (χ3v) is 18.7. The van der Waals surface area contributed by atoms with Crippen molar-refractivity contribution in [3.63, 3.8) is 0 Å². The van der Waals surface area contributed by atoms with Crippen LogP contribution in [-0.4, -0.2) is 480 Å². The molecule has 2 rings (SSSR count). The van der Waals surface area contributed by atoms with E-state index in [0.717, 1.165) is 83.2 Å². The average Bonchev–Trinajstić information content (AvgIpc) is 0.868. The minimum atomic E-state index is -1.87. The highest BCUT2D eigenvalue weighted by Crippen LogP contribution is 2.13. The van der Waals surface area contributed by atoms with Crippen LogP contribution in [0, 0.1) is 0 Å². The summed E-state index contributed by atoms with van der Waals surface area (Å²) < 4.78 is 23.9. The van der Waals surface area contributed by atoms with E-state index in [0.29, 0.717) is 70.7 Å². The number of ether oxygens (including phenoxy) is 5. The van der Waals surface area contributed by atoms with Crippen molar-refractivity contribution in [3.8, 4) is 0 Å². The minimum Gasteiger partial charge on any atom is -0.481 e. The number of rotatable bonds is 60. The molecule has 1 heterocycles. The highest BCUT2D eigenvalue weighted by molar-refractivity contribution is 7.59. The predicted molar refractivity (Wildman–Crippen MR) is 540 cm³/mol. The van der Waals surface area contributed by atoms with E-state index in [4.69, 9.17) is 95.5 Å². The number of carboxylic acids is 2. The van der Waals surface area contributed by atoms with E-state index in [1.165, 1.54) is 38.7 Å². The summed E-state index contributed by atoms with van der Waals surface area (Å²) in [6.07, 6.45) is -10.4. The number of hydrogen-bond acceptors (Lipinski definition) is 42. The number of aliphatic hydroxyl groups excluding tert-OH is 16. The Morgan fingerprint density at radius 3 is 1.14 bits per heavy atom. The topological polar surface area (TPSA) is 838 Å². The van der Waals surface area contributed by atoms with Crippen molar-refractivity contribution in [2.24, 2.45) is 45.9 Å². The lowest BCUT2D eigenvalue weighted by Crippen LogP contribution is -2.53. The number of likely N-dealkylation sites (N-methyl/N-ethyl adjacent to an activating group) is 2. The van der Waals surface area contributed by atoms with Crippen LogP contribution in [0.4, 0.5) is 0 Å². The van der Waals surface area contributed by atoms with Crippen molar-refractivity contribution in [1.82, 2.24) is 35.6 Å². The molecule has 1 aliphatic rings. The molecular weight excluding hydrogens is 1880 g/mol. The van der Waals surface area contributed by atoms with E-state index in [2.05, 4.69) is 70.7 Å². The normalized spacial score (nSPS) is 15.4. The Kier molecular flexibility index (Phi) is 119. The summed E-state index contributed by atoms with van der Waals surface area (Å²) in [5, 5.41) is 177. The van der Waals surface area contributed by atoms with Gasteiger partial charge in [0, 0.05) is 113 Å². The number of amides is 4. The van der Waals surface area contributed by atoms with Crippen LogP contribution in [-0.2, 0) is 84.5 Å². The first-order chi connectivity index (χ1) is 63.2. The molecule has 1 aliphatic heterocycles. The van der Waals surface area contributed by atoms with Gasteiger partial charge in [-0.3, -0.25) is 48.1 Å². The quantitative estimate of drug-likeness (QED) is 0.0269. The standard InChI is InChI=1S/C19H41N3O12.C14H21NO2.C13H29N3O7.C8H16N2O2.C6H13NO2.2C5H11NO2.C5H10O.C4H10N2O.C4H11N.C4H8O2.3H2S/c1-34-9-10(19(20)33)21-3-2-4-22(5-11(25)15(29)17(31)13(27)7-23)6-12(26)16(30)18(32)14(28)8-24;1-15(2)9-8-12-4-6-13(7-5-12)10-14(16)11-17-3;1-23-7-8(13(14)22)16-4-2-3-15-5-9(18)11(20)12(21)10(19)6-17;1-9-3-5-10(6-4-9)8(11)7-12-2;1-2-3-5(7)6(9)4-8;1-4(7)5(6)3-8-2;1-2-3-4(6)5(7)8;1-3-4-5(2)6;1-2-3(5)4(6)7;1-3-4(2)5;1-2-3-4(5)6;;;/h10-18,21,23-32H,2-9H2,1H3,(H2,20,33);4-7H,8-11H2,1-3H3;8-12,15-21H,2-7H2,1H3,(H2,14,22);3-7H2,1-2H3;5,8H,2-4,7H2,1H3;5H,3,6H2,1-2H3;4H,2-3,6H2,1H3,(H,7,8);3-4H2,1-2H3;3H,2,5H2,1H3,(H2,6,7);4H,3,5H2,1-2H3;2-3H2,1H3,(H,5,6);3*1H2/t10-,11-,12-,13+,14+,15+,16+,17+,18+;;8-,9-,10+,11+,12+;;2*5-;4-;;3-;4-;;;;/m0.0.010.01..../s1. The summed E-state index contributed by atoms with van der Waals surface area (Å²) in [5.74, 6) is -2.98. The van der Waals surface area contributed by atoms with Gasteiger partial charge in [0.2, 0.25) is 23.6 Å². The molecular formula is C87H187N15O33S3. The number of primary amides is 3. The Hall–Kier alpha value is -5.51. The van der Waals surface area contributed by atoms with Gasteiger partial charge in [-0.25, -0.2) is 0 Å². The molecule has 1 aromatic rings. The second kappa shape index (κ2) is 104. The van der Waals surface area contributed by atoms with Crippen LogP contribution in [0.2, 0.25) is 0 Å². The molecule has 1 aromatic carbocycles.